The van der Waals surface area contributed by atoms with Crippen molar-refractivity contribution in [3.8, 4) is 0 Å². The van der Waals surface area contributed by atoms with E-state index in [0.29, 0.717) is 28.6 Å². The van der Waals surface area contributed by atoms with Crippen LogP contribution in [-0.2, 0) is 9.59 Å². The molecule has 1 fully saturated rings. The molecule has 0 aliphatic carbocycles. The minimum absolute atomic E-state index is 0.0759. The molecule has 1 saturated heterocycles. The maximum Gasteiger partial charge on any atom is 0.311 e. The Labute approximate surface area is 132 Å². The smallest absolute Gasteiger partial charge is 0.311 e. The molecule has 0 radical (unpaired) electrons. The summed E-state index contributed by atoms with van der Waals surface area (Å²) < 4.78 is 0. The van der Waals surface area contributed by atoms with Gasteiger partial charge in [-0.2, -0.15) is 0 Å². The van der Waals surface area contributed by atoms with Gasteiger partial charge in [0.15, 0.2) is 6.10 Å². The lowest BCUT2D eigenvalue weighted by atomic mass is 9.90. The second-order valence-electron chi connectivity index (χ2n) is 5.48. The Morgan fingerprint density at radius 1 is 1.29 bits per heavy atom. The van der Waals surface area contributed by atoms with Gasteiger partial charge in [0.1, 0.15) is 0 Å². The maximum atomic E-state index is 12.3. The van der Waals surface area contributed by atoms with Crippen LogP contribution in [0.2, 0.25) is 10.0 Å². The predicted octanol–water partition coefficient (Wildman–Crippen LogP) is 2.35. The molecule has 2 atom stereocenters. The number of amides is 1. The first-order valence-electron chi connectivity index (χ1n) is 6.39. The first-order chi connectivity index (χ1) is 9.73. The Bertz CT molecular complexity index is 572. The standard InChI is InChI=1S/C14H15Cl2NO4/c1-14(13(20)21)2-3-17(7-14)12(19)11(18)8-4-9(15)6-10(16)5-8/h4-6,11,18H,2-3,7H2,1H3,(H,20,21). The van der Waals surface area contributed by atoms with Crippen molar-refractivity contribution in [2.75, 3.05) is 13.1 Å². The average Bonchev–Trinajstić information content (AvgIpc) is 2.80. The number of hydrogen-bond acceptors (Lipinski definition) is 3. The number of aliphatic hydroxyl groups is 1. The van der Waals surface area contributed by atoms with E-state index in [1.807, 2.05) is 0 Å². The van der Waals surface area contributed by atoms with Crippen molar-refractivity contribution in [2.45, 2.75) is 19.4 Å². The zero-order valence-corrected chi connectivity index (χ0v) is 12.9. The minimum atomic E-state index is -1.41. The second kappa shape index (κ2) is 5.83. The van der Waals surface area contributed by atoms with Gasteiger partial charge in [0, 0.05) is 23.1 Å². The molecule has 21 heavy (non-hydrogen) atoms. The highest BCUT2D eigenvalue weighted by molar-refractivity contribution is 6.34. The van der Waals surface area contributed by atoms with Gasteiger partial charge >= 0.3 is 5.97 Å². The van der Waals surface area contributed by atoms with E-state index in [2.05, 4.69) is 0 Å². The van der Waals surface area contributed by atoms with Gasteiger partial charge in [0.25, 0.3) is 5.91 Å². The van der Waals surface area contributed by atoms with Crippen LogP contribution >= 0.6 is 23.2 Å². The highest BCUT2D eigenvalue weighted by Gasteiger charge is 2.43. The summed E-state index contributed by atoms with van der Waals surface area (Å²) >= 11 is 11.7. The number of carbonyl (C=O) groups is 2. The lowest BCUT2D eigenvalue weighted by Gasteiger charge is -2.22. The normalized spacial score (nSPS) is 23.1. The van der Waals surface area contributed by atoms with Gasteiger partial charge in [-0.15, -0.1) is 0 Å². The number of rotatable bonds is 3. The minimum Gasteiger partial charge on any atom is -0.481 e. The van der Waals surface area contributed by atoms with Crippen molar-refractivity contribution in [1.29, 1.82) is 0 Å². The molecule has 1 aliphatic heterocycles. The molecule has 7 heteroatoms. The summed E-state index contributed by atoms with van der Waals surface area (Å²) in [4.78, 5) is 24.8. The summed E-state index contributed by atoms with van der Waals surface area (Å²) in [6.07, 6.45) is -1.05. The molecule has 0 saturated carbocycles. The number of carbonyl (C=O) groups excluding carboxylic acids is 1. The van der Waals surface area contributed by atoms with Gasteiger partial charge in [0.2, 0.25) is 0 Å². The SMILES string of the molecule is CC1(C(=O)O)CCN(C(=O)C(O)c2cc(Cl)cc(Cl)c2)C1. The highest BCUT2D eigenvalue weighted by atomic mass is 35.5. The van der Waals surface area contributed by atoms with Crippen molar-refractivity contribution in [1.82, 2.24) is 4.90 Å². The van der Waals surface area contributed by atoms with Crippen molar-refractivity contribution in [3.63, 3.8) is 0 Å². The van der Waals surface area contributed by atoms with E-state index in [1.165, 1.54) is 23.1 Å². The number of nitrogens with zero attached hydrogens (tertiary/aromatic N) is 1. The Morgan fingerprint density at radius 2 is 1.86 bits per heavy atom. The number of carboxylic acid groups (broad SMARTS) is 1. The quantitative estimate of drug-likeness (QED) is 0.891. The van der Waals surface area contributed by atoms with Gasteiger partial charge in [-0.1, -0.05) is 23.2 Å². The van der Waals surface area contributed by atoms with Crippen LogP contribution in [0.15, 0.2) is 18.2 Å². The monoisotopic (exact) mass is 331 g/mol. The van der Waals surface area contributed by atoms with Gasteiger partial charge in [-0.3, -0.25) is 9.59 Å². The molecule has 1 aromatic rings. The summed E-state index contributed by atoms with van der Waals surface area (Å²) in [6, 6.07) is 4.42. The summed E-state index contributed by atoms with van der Waals surface area (Å²) in [5, 5.41) is 20.0. The predicted molar refractivity (Wildman–Crippen MR) is 78.4 cm³/mol. The molecule has 2 unspecified atom stereocenters. The van der Waals surface area contributed by atoms with Gasteiger partial charge < -0.3 is 15.1 Å². The third-order valence-electron chi connectivity index (χ3n) is 3.74. The number of carboxylic acids is 1. The van der Waals surface area contributed by atoms with E-state index < -0.39 is 23.4 Å². The van der Waals surface area contributed by atoms with Crippen LogP contribution in [-0.4, -0.2) is 40.1 Å². The molecule has 0 aromatic heterocycles. The van der Waals surface area contributed by atoms with Crippen LogP contribution in [0.1, 0.15) is 25.0 Å². The second-order valence-corrected chi connectivity index (χ2v) is 6.35. The van der Waals surface area contributed by atoms with Crippen molar-refractivity contribution in [3.05, 3.63) is 33.8 Å². The van der Waals surface area contributed by atoms with Crippen LogP contribution in [0.25, 0.3) is 0 Å². The number of likely N-dealkylation sites (tertiary alicyclic amines) is 1. The van der Waals surface area contributed by atoms with E-state index in [0.717, 1.165) is 0 Å². The van der Waals surface area contributed by atoms with Crippen LogP contribution < -0.4 is 0 Å². The number of hydrogen-bond donors (Lipinski definition) is 2. The molecule has 0 spiro atoms. The zero-order valence-electron chi connectivity index (χ0n) is 11.3. The Balaban J connectivity index is 2.15. The third kappa shape index (κ3) is 3.31. The number of benzene rings is 1. The molecule has 114 valence electrons. The summed E-state index contributed by atoms with van der Waals surface area (Å²) in [6.45, 7) is 1.96. The topological polar surface area (TPSA) is 77.8 Å². The Morgan fingerprint density at radius 3 is 2.33 bits per heavy atom. The van der Waals surface area contributed by atoms with E-state index in [-0.39, 0.29) is 6.54 Å². The molecule has 1 aliphatic rings. The van der Waals surface area contributed by atoms with Gasteiger partial charge in [-0.05, 0) is 37.1 Å². The fourth-order valence-electron chi connectivity index (χ4n) is 2.37. The fourth-order valence-corrected chi connectivity index (χ4v) is 2.92. The average molecular weight is 332 g/mol. The molecule has 1 aromatic carbocycles. The van der Waals surface area contributed by atoms with E-state index >= 15 is 0 Å². The molecule has 2 rings (SSSR count). The molecular weight excluding hydrogens is 317 g/mol. The zero-order chi connectivity index (χ0) is 15.8. The third-order valence-corrected chi connectivity index (χ3v) is 4.17. The lowest BCUT2D eigenvalue weighted by Crippen LogP contribution is -2.37. The van der Waals surface area contributed by atoms with E-state index in [4.69, 9.17) is 28.3 Å². The Kier molecular flexibility index (Phi) is 4.46. The highest BCUT2D eigenvalue weighted by Crippen LogP contribution is 2.32. The lowest BCUT2D eigenvalue weighted by molar-refractivity contribution is -0.148. The van der Waals surface area contributed by atoms with Crippen LogP contribution in [0.5, 0.6) is 0 Å². The van der Waals surface area contributed by atoms with Crippen molar-refractivity contribution < 1.29 is 19.8 Å². The largest absolute Gasteiger partial charge is 0.481 e. The number of aliphatic carboxylic acids is 1. The van der Waals surface area contributed by atoms with Crippen LogP contribution in [0, 0.1) is 5.41 Å². The fraction of sp³-hybridized carbons (Fsp3) is 0.429. The van der Waals surface area contributed by atoms with Crippen molar-refractivity contribution >= 4 is 35.1 Å². The van der Waals surface area contributed by atoms with Crippen LogP contribution in [0.3, 0.4) is 0 Å². The van der Waals surface area contributed by atoms with E-state index in [1.54, 1.807) is 6.92 Å². The number of halogens is 2. The summed E-state index contributed by atoms with van der Waals surface area (Å²) in [7, 11) is 0. The molecule has 2 N–H and O–H groups in total. The van der Waals surface area contributed by atoms with Crippen LogP contribution in [0.4, 0.5) is 0 Å². The van der Waals surface area contributed by atoms with E-state index in [9.17, 15) is 14.7 Å². The summed E-state index contributed by atoms with van der Waals surface area (Å²) in [5.41, 5.74) is -0.678. The number of aliphatic hydroxyl groups excluding tert-OH is 1. The maximum absolute atomic E-state index is 12.3. The van der Waals surface area contributed by atoms with Crippen molar-refractivity contribution in [2.24, 2.45) is 5.41 Å². The van der Waals surface area contributed by atoms with Gasteiger partial charge in [0.05, 0.1) is 5.41 Å². The summed E-state index contributed by atoms with van der Waals surface area (Å²) in [5.74, 6) is -1.49. The first kappa shape index (κ1) is 16.1. The molecular formula is C14H15Cl2NO4. The van der Waals surface area contributed by atoms with Gasteiger partial charge in [-0.25, -0.2) is 0 Å². The Hall–Kier alpha value is -1.30. The molecule has 1 heterocycles. The molecule has 0 bridgehead atoms. The molecule has 1 amide bonds. The first-order valence-corrected chi connectivity index (χ1v) is 7.15. The molecule has 5 nitrogen and oxygen atoms in total.